The van der Waals surface area contributed by atoms with Gasteiger partial charge in [-0.1, -0.05) is 0 Å². The van der Waals surface area contributed by atoms with E-state index < -0.39 is 11.7 Å². The lowest BCUT2D eigenvalue weighted by atomic mass is 10.1. The summed E-state index contributed by atoms with van der Waals surface area (Å²) in [6, 6.07) is 0. The highest BCUT2D eigenvalue weighted by atomic mass is 16.6. The SMILES string of the molecule is CC(C)(C)OC(=O)N(N)C[C@@H]1CCCC1=O. The van der Waals surface area contributed by atoms with Gasteiger partial charge in [0.05, 0.1) is 6.54 Å². The summed E-state index contributed by atoms with van der Waals surface area (Å²) in [6.07, 6.45) is 1.74. The maximum absolute atomic E-state index is 11.5. The molecule has 5 heteroatoms. The molecule has 5 nitrogen and oxygen atoms in total. The summed E-state index contributed by atoms with van der Waals surface area (Å²) in [5.74, 6) is 5.65. The number of Topliss-reactive ketones (excluding diaryl/α,β-unsaturated/α-hetero) is 1. The Morgan fingerprint density at radius 1 is 1.56 bits per heavy atom. The molecule has 16 heavy (non-hydrogen) atoms. The van der Waals surface area contributed by atoms with Gasteiger partial charge in [-0.2, -0.15) is 0 Å². The van der Waals surface area contributed by atoms with Gasteiger partial charge >= 0.3 is 6.09 Å². The minimum Gasteiger partial charge on any atom is -0.443 e. The number of carbonyl (C=O) groups is 2. The molecule has 0 aromatic rings. The van der Waals surface area contributed by atoms with Crippen LogP contribution in [0.5, 0.6) is 0 Å². The molecule has 0 bridgehead atoms. The third-order valence-corrected chi connectivity index (χ3v) is 2.48. The number of rotatable bonds is 2. The van der Waals surface area contributed by atoms with Gasteiger partial charge in [0.2, 0.25) is 0 Å². The highest BCUT2D eigenvalue weighted by Gasteiger charge is 2.29. The van der Waals surface area contributed by atoms with Crippen molar-refractivity contribution >= 4 is 11.9 Å². The summed E-state index contributed by atoms with van der Waals surface area (Å²) in [5.41, 5.74) is -0.561. The molecule has 1 rings (SSSR count). The third-order valence-electron chi connectivity index (χ3n) is 2.48. The summed E-state index contributed by atoms with van der Waals surface area (Å²) in [7, 11) is 0. The van der Waals surface area contributed by atoms with Gasteiger partial charge in [-0.25, -0.2) is 15.6 Å². The predicted octanol–water partition coefficient (Wildman–Crippen LogP) is 1.47. The summed E-state index contributed by atoms with van der Waals surface area (Å²) in [5, 5.41) is 0.999. The Kier molecular flexibility index (Phi) is 3.91. The van der Waals surface area contributed by atoms with E-state index >= 15 is 0 Å². The van der Waals surface area contributed by atoms with Crippen molar-refractivity contribution in [1.82, 2.24) is 5.01 Å². The number of nitrogens with two attached hydrogens (primary N) is 1. The molecule has 0 unspecified atom stereocenters. The van der Waals surface area contributed by atoms with Crippen LogP contribution in [0.2, 0.25) is 0 Å². The Hall–Kier alpha value is -1.10. The smallest absolute Gasteiger partial charge is 0.424 e. The van der Waals surface area contributed by atoms with Gasteiger partial charge < -0.3 is 4.74 Å². The van der Waals surface area contributed by atoms with E-state index in [2.05, 4.69) is 0 Å². The van der Waals surface area contributed by atoms with Gasteiger partial charge in [-0.3, -0.25) is 4.79 Å². The fourth-order valence-electron chi connectivity index (χ4n) is 1.71. The van der Waals surface area contributed by atoms with Crippen molar-refractivity contribution in [2.75, 3.05) is 6.54 Å². The van der Waals surface area contributed by atoms with Gasteiger partial charge in [-0.05, 0) is 33.6 Å². The van der Waals surface area contributed by atoms with Crippen LogP contribution in [-0.2, 0) is 9.53 Å². The Balaban J connectivity index is 2.42. The lowest BCUT2D eigenvalue weighted by Gasteiger charge is -2.25. The highest BCUT2D eigenvalue weighted by Crippen LogP contribution is 2.22. The molecule has 1 saturated carbocycles. The number of hydrogen-bond acceptors (Lipinski definition) is 4. The van der Waals surface area contributed by atoms with Gasteiger partial charge in [-0.15, -0.1) is 0 Å². The molecule has 0 aromatic heterocycles. The fraction of sp³-hybridized carbons (Fsp3) is 0.818. The Labute approximate surface area is 95.9 Å². The van der Waals surface area contributed by atoms with Crippen LogP contribution in [0, 0.1) is 5.92 Å². The quantitative estimate of drug-likeness (QED) is 0.441. The fourth-order valence-corrected chi connectivity index (χ4v) is 1.71. The molecule has 1 aliphatic rings. The standard InChI is InChI=1S/C11H20N2O3/c1-11(2,3)16-10(15)13(12)7-8-5-4-6-9(8)14/h8H,4-7,12H2,1-3H3/t8-/m0/s1. The van der Waals surface area contributed by atoms with Crippen LogP contribution in [0.3, 0.4) is 0 Å². The second-order valence-corrected chi connectivity index (χ2v) is 5.19. The summed E-state index contributed by atoms with van der Waals surface area (Å²) in [6.45, 7) is 5.59. The van der Waals surface area contributed by atoms with Crippen molar-refractivity contribution in [2.45, 2.75) is 45.6 Å². The number of hydrogen-bond donors (Lipinski definition) is 1. The average Bonchev–Trinajstić information content (AvgIpc) is 2.49. The molecule has 0 aromatic carbocycles. The van der Waals surface area contributed by atoms with E-state index in [4.69, 9.17) is 10.6 Å². The number of hydrazine groups is 1. The van der Waals surface area contributed by atoms with Crippen LogP contribution < -0.4 is 5.84 Å². The number of amides is 1. The molecular formula is C11H20N2O3. The average molecular weight is 228 g/mol. The molecule has 92 valence electrons. The predicted molar refractivity (Wildman–Crippen MR) is 59.5 cm³/mol. The Morgan fingerprint density at radius 2 is 2.19 bits per heavy atom. The topological polar surface area (TPSA) is 72.6 Å². The van der Waals surface area contributed by atoms with E-state index in [1.807, 2.05) is 0 Å². The van der Waals surface area contributed by atoms with E-state index in [-0.39, 0.29) is 18.2 Å². The minimum atomic E-state index is -0.577. The van der Waals surface area contributed by atoms with Crippen LogP contribution in [0.25, 0.3) is 0 Å². The van der Waals surface area contributed by atoms with Gasteiger partial charge in [0.15, 0.2) is 0 Å². The van der Waals surface area contributed by atoms with Crippen molar-refractivity contribution in [3.05, 3.63) is 0 Å². The molecule has 0 spiro atoms. The molecule has 0 aliphatic heterocycles. The second-order valence-electron chi connectivity index (χ2n) is 5.19. The van der Waals surface area contributed by atoms with Gasteiger partial charge in [0.25, 0.3) is 0 Å². The van der Waals surface area contributed by atoms with E-state index in [1.54, 1.807) is 20.8 Å². The lowest BCUT2D eigenvalue weighted by Crippen LogP contribution is -2.44. The normalized spacial score (nSPS) is 21.0. The third kappa shape index (κ3) is 3.81. The zero-order valence-corrected chi connectivity index (χ0v) is 10.2. The monoisotopic (exact) mass is 228 g/mol. The number of ketones is 1. The van der Waals surface area contributed by atoms with Gasteiger partial charge in [0, 0.05) is 12.3 Å². The van der Waals surface area contributed by atoms with E-state index in [0.717, 1.165) is 17.9 Å². The molecule has 0 radical (unpaired) electrons. The summed E-state index contributed by atoms with van der Waals surface area (Å²) >= 11 is 0. The molecule has 1 atom stereocenters. The van der Waals surface area contributed by atoms with Crippen LogP contribution >= 0.6 is 0 Å². The molecule has 1 fully saturated rings. The number of nitrogens with zero attached hydrogens (tertiary/aromatic N) is 1. The van der Waals surface area contributed by atoms with Crippen molar-refractivity contribution in [1.29, 1.82) is 0 Å². The van der Waals surface area contributed by atoms with Gasteiger partial charge in [0.1, 0.15) is 11.4 Å². The molecule has 2 N–H and O–H groups in total. The first-order chi connectivity index (χ1) is 7.29. The van der Waals surface area contributed by atoms with E-state index in [0.29, 0.717) is 6.42 Å². The van der Waals surface area contributed by atoms with Crippen molar-refractivity contribution < 1.29 is 14.3 Å². The van der Waals surface area contributed by atoms with Crippen LogP contribution in [0.1, 0.15) is 40.0 Å². The van der Waals surface area contributed by atoms with Crippen molar-refractivity contribution in [2.24, 2.45) is 11.8 Å². The maximum Gasteiger partial charge on any atom is 0.424 e. The minimum absolute atomic E-state index is 0.113. The zero-order chi connectivity index (χ0) is 12.3. The maximum atomic E-state index is 11.5. The van der Waals surface area contributed by atoms with Crippen LogP contribution in [0.15, 0.2) is 0 Å². The van der Waals surface area contributed by atoms with Crippen molar-refractivity contribution in [3.8, 4) is 0 Å². The number of ether oxygens (including phenoxy) is 1. The molecule has 0 saturated heterocycles. The number of carbonyl (C=O) groups excluding carboxylic acids is 2. The second kappa shape index (κ2) is 4.82. The van der Waals surface area contributed by atoms with E-state index in [9.17, 15) is 9.59 Å². The largest absolute Gasteiger partial charge is 0.443 e. The van der Waals surface area contributed by atoms with E-state index in [1.165, 1.54) is 0 Å². The summed E-state index contributed by atoms with van der Waals surface area (Å²) in [4.78, 5) is 22.9. The lowest BCUT2D eigenvalue weighted by molar-refractivity contribution is -0.121. The first kappa shape index (κ1) is 13.0. The summed E-state index contributed by atoms with van der Waals surface area (Å²) < 4.78 is 5.10. The zero-order valence-electron chi connectivity index (χ0n) is 10.2. The van der Waals surface area contributed by atoms with Crippen molar-refractivity contribution in [3.63, 3.8) is 0 Å². The first-order valence-electron chi connectivity index (χ1n) is 5.57. The first-order valence-corrected chi connectivity index (χ1v) is 5.57. The Morgan fingerprint density at radius 3 is 2.62 bits per heavy atom. The van der Waals surface area contributed by atoms with Crippen LogP contribution in [-0.4, -0.2) is 29.0 Å². The molecule has 1 amide bonds. The molecule has 1 aliphatic carbocycles. The Bertz CT molecular complexity index is 283. The molecule has 0 heterocycles. The molecular weight excluding hydrogens is 208 g/mol. The van der Waals surface area contributed by atoms with Crippen LogP contribution in [0.4, 0.5) is 4.79 Å². The highest BCUT2D eigenvalue weighted by molar-refractivity contribution is 5.83.